The number of rotatable bonds is 4. The van der Waals surface area contributed by atoms with Crippen molar-refractivity contribution < 1.29 is 13.2 Å². The lowest BCUT2D eigenvalue weighted by molar-refractivity contribution is 0.0788. The van der Waals surface area contributed by atoms with Gasteiger partial charge in [-0.1, -0.05) is 6.07 Å². The fraction of sp³-hybridized carbons (Fsp3) is 0.333. The molecule has 1 amide bonds. The van der Waals surface area contributed by atoms with Crippen LogP contribution >= 0.6 is 0 Å². The molecule has 1 saturated heterocycles. The zero-order valence-electron chi connectivity index (χ0n) is 12.5. The number of carbonyl (C=O) groups is 1. The van der Waals surface area contributed by atoms with Crippen LogP contribution in [0, 0.1) is 5.92 Å². The summed E-state index contributed by atoms with van der Waals surface area (Å²) >= 11 is 0. The van der Waals surface area contributed by atoms with Gasteiger partial charge in [0.25, 0.3) is 5.91 Å². The van der Waals surface area contributed by atoms with E-state index in [1.54, 1.807) is 27.9 Å². The third kappa shape index (κ3) is 3.77. The lowest BCUT2D eigenvalue weighted by atomic mass is 10.1. The molecule has 2 N–H and O–H groups in total. The average molecular weight is 334 g/mol. The van der Waals surface area contributed by atoms with Crippen LogP contribution in [0.4, 0.5) is 0 Å². The van der Waals surface area contributed by atoms with Gasteiger partial charge in [-0.05, 0) is 36.6 Å². The van der Waals surface area contributed by atoms with E-state index >= 15 is 0 Å². The van der Waals surface area contributed by atoms with Crippen LogP contribution < -0.4 is 5.14 Å². The third-order valence-corrected chi connectivity index (χ3v) is 4.84. The van der Waals surface area contributed by atoms with E-state index in [9.17, 15) is 13.2 Å². The topological polar surface area (TPSA) is 98.3 Å². The number of sulfonamides is 1. The van der Waals surface area contributed by atoms with Gasteiger partial charge in [-0.3, -0.25) is 4.79 Å². The minimum Gasteiger partial charge on any atom is -0.338 e. The van der Waals surface area contributed by atoms with Gasteiger partial charge in [-0.15, -0.1) is 0 Å². The van der Waals surface area contributed by atoms with Crippen LogP contribution in [0.25, 0.3) is 5.69 Å². The van der Waals surface area contributed by atoms with E-state index in [0.717, 1.165) is 5.69 Å². The molecule has 0 spiro atoms. The summed E-state index contributed by atoms with van der Waals surface area (Å²) in [6, 6.07) is 9.02. The molecule has 122 valence electrons. The lowest BCUT2D eigenvalue weighted by Gasteiger charge is -2.17. The molecule has 1 aliphatic rings. The second kappa shape index (κ2) is 6.13. The second-order valence-electron chi connectivity index (χ2n) is 5.74. The van der Waals surface area contributed by atoms with Gasteiger partial charge in [0.2, 0.25) is 10.0 Å². The minimum atomic E-state index is -3.51. The van der Waals surface area contributed by atoms with Gasteiger partial charge < -0.3 is 4.90 Å². The Bertz CT molecular complexity index is 802. The minimum absolute atomic E-state index is 0.0793. The van der Waals surface area contributed by atoms with E-state index in [0.29, 0.717) is 25.1 Å². The highest BCUT2D eigenvalue weighted by Crippen LogP contribution is 2.20. The maximum Gasteiger partial charge on any atom is 0.253 e. The van der Waals surface area contributed by atoms with Crippen LogP contribution in [0.15, 0.2) is 42.7 Å². The molecular formula is C15H18N4O3S. The quantitative estimate of drug-likeness (QED) is 0.886. The molecule has 2 heterocycles. The number of likely N-dealkylation sites (tertiary alicyclic amines) is 1. The van der Waals surface area contributed by atoms with E-state index in [-0.39, 0.29) is 17.6 Å². The molecular weight excluding hydrogens is 316 g/mol. The van der Waals surface area contributed by atoms with E-state index < -0.39 is 10.0 Å². The molecule has 1 atom stereocenters. The number of primary sulfonamides is 1. The molecule has 0 saturated carbocycles. The fourth-order valence-electron chi connectivity index (χ4n) is 2.87. The molecule has 3 rings (SSSR count). The van der Waals surface area contributed by atoms with Crippen molar-refractivity contribution in [3.8, 4) is 5.69 Å². The monoisotopic (exact) mass is 334 g/mol. The van der Waals surface area contributed by atoms with Crippen LogP contribution in [0.3, 0.4) is 0 Å². The first kappa shape index (κ1) is 15.7. The molecule has 0 radical (unpaired) electrons. The van der Waals surface area contributed by atoms with E-state index in [4.69, 9.17) is 5.14 Å². The first-order valence-electron chi connectivity index (χ1n) is 7.32. The number of hydrogen-bond donors (Lipinski definition) is 1. The third-order valence-electron chi connectivity index (χ3n) is 3.90. The fourth-order valence-corrected chi connectivity index (χ4v) is 3.80. The number of amides is 1. The Labute approximate surface area is 134 Å². The van der Waals surface area contributed by atoms with Crippen LogP contribution in [-0.2, 0) is 10.0 Å². The maximum atomic E-state index is 12.6. The summed E-state index contributed by atoms with van der Waals surface area (Å²) in [5, 5.41) is 9.23. The molecule has 1 aliphatic heterocycles. The predicted molar refractivity (Wildman–Crippen MR) is 85.5 cm³/mol. The van der Waals surface area contributed by atoms with Crippen molar-refractivity contribution in [1.29, 1.82) is 0 Å². The Hall–Kier alpha value is -2.19. The Balaban J connectivity index is 1.73. The first-order chi connectivity index (χ1) is 10.9. The molecule has 0 bridgehead atoms. The lowest BCUT2D eigenvalue weighted by Crippen LogP contribution is -2.30. The number of nitrogens with two attached hydrogens (primary N) is 1. The van der Waals surface area contributed by atoms with Crippen molar-refractivity contribution >= 4 is 15.9 Å². The Morgan fingerprint density at radius 1 is 1.35 bits per heavy atom. The van der Waals surface area contributed by atoms with Crippen molar-refractivity contribution in [2.45, 2.75) is 6.42 Å². The number of hydrogen-bond acceptors (Lipinski definition) is 4. The molecule has 8 heteroatoms. The highest BCUT2D eigenvalue weighted by molar-refractivity contribution is 7.89. The van der Waals surface area contributed by atoms with Crippen LogP contribution in [-0.4, -0.2) is 47.8 Å². The number of benzene rings is 1. The number of carbonyl (C=O) groups excluding carboxylic acids is 1. The Morgan fingerprint density at radius 2 is 2.17 bits per heavy atom. The first-order valence-corrected chi connectivity index (χ1v) is 9.04. The van der Waals surface area contributed by atoms with Crippen molar-refractivity contribution in [3.05, 3.63) is 48.3 Å². The van der Waals surface area contributed by atoms with Gasteiger partial charge in [-0.25, -0.2) is 18.2 Å². The summed E-state index contributed by atoms with van der Waals surface area (Å²) in [6.45, 7) is 0.965. The van der Waals surface area contributed by atoms with Crippen molar-refractivity contribution in [1.82, 2.24) is 14.7 Å². The Morgan fingerprint density at radius 3 is 2.87 bits per heavy atom. The molecule has 1 unspecified atom stereocenters. The summed E-state index contributed by atoms with van der Waals surface area (Å²) < 4.78 is 24.0. The van der Waals surface area contributed by atoms with Gasteiger partial charge in [0.1, 0.15) is 0 Å². The van der Waals surface area contributed by atoms with Crippen molar-refractivity contribution in [3.63, 3.8) is 0 Å². The molecule has 1 fully saturated rings. The smallest absolute Gasteiger partial charge is 0.253 e. The molecule has 7 nitrogen and oxygen atoms in total. The zero-order valence-corrected chi connectivity index (χ0v) is 13.3. The van der Waals surface area contributed by atoms with E-state index in [1.807, 2.05) is 24.4 Å². The molecule has 2 aromatic rings. The Kier molecular flexibility index (Phi) is 4.18. The number of aromatic nitrogens is 2. The molecule has 1 aromatic carbocycles. The van der Waals surface area contributed by atoms with Gasteiger partial charge in [0.05, 0.1) is 11.4 Å². The van der Waals surface area contributed by atoms with Gasteiger partial charge in [0.15, 0.2) is 0 Å². The largest absolute Gasteiger partial charge is 0.338 e. The van der Waals surface area contributed by atoms with Gasteiger partial charge in [0, 0.05) is 31.0 Å². The summed E-state index contributed by atoms with van der Waals surface area (Å²) in [6.07, 6.45) is 4.13. The SMILES string of the molecule is NS(=O)(=O)CC1CCN(C(=O)c2cccc(-n3cccn3)c2)C1. The van der Waals surface area contributed by atoms with E-state index in [2.05, 4.69) is 5.10 Å². The number of nitrogens with zero attached hydrogens (tertiary/aromatic N) is 3. The van der Waals surface area contributed by atoms with Gasteiger partial charge >= 0.3 is 0 Å². The standard InChI is InChI=1S/C15H18N4O3S/c16-23(21,22)11-12-5-8-18(10-12)15(20)13-3-1-4-14(9-13)19-7-2-6-17-19/h1-4,6-7,9,12H,5,8,10-11H2,(H2,16,21,22). The van der Waals surface area contributed by atoms with Crippen LogP contribution in [0.2, 0.25) is 0 Å². The summed E-state index contributed by atoms with van der Waals surface area (Å²) in [5.41, 5.74) is 1.37. The van der Waals surface area contributed by atoms with Gasteiger partial charge in [-0.2, -0.15) is 5.10 Å². The van der Waals surface area contributed by atoms with Crippen molar-refractivity contribution in [2.75, 3.05) is 18.8 Å². The average Bonchev–Trinajstić information content (AvgIpc) is 3.16. The summed E-state index contributed by atoms with van der Waals surface area (Å²) in [5.74, 6) is -0.274. The highest BCUT2D eigenvalue weighted by atomic mass is 32.2. The predicted octanol–water partition coefficient (Wildman–Crippen LogP) is 0.623. The van der Waals surface area contributed by atoms with Crippen LogP contribution in [0.1, 0.15) is 16.8 Å². The highest BCUT2D eigenvalue weighted by Gasteiger charge is 2.29. The molecule has 23 heavy (non-hydrogen) atoms. The summed E-state index contributed by atoms with van der Waals surface area (Å²) in [4.78, 5) is 14.3. The summed E-state index contributed by atoms with van der Waals surface area (Å²) in [7, 11) is -3.51. The van der Waals surface area contributed by atoms with Crippen LogP contribution in [0.5, 0.6) is 0 Å². The zero-order chi connectivity index (χ0) is 16.4. The van der Waals surface area contributed by atoms with E-state index in [1.165, 1.54) is 0 Å². The molecule has 1 aromatic heterocycles. The second-order valence-corrected chi connectivity index (χ2v) is 7.40. The normalized spacial score (nSPS) is 18.3. The maximum absolute atomic E-state index is 12.6. The molecule has 0 aliphatic carbocycles. The van der Waals surface area contributed by atoms with Crippen molar-refractivity contribution in [2.24, 2.45) is 11.1 Å².